The van der Waals surface area contributed by atoms with Gasteiger partial charge in [-0.25, -0.2) is 0 Å². The molecule has 0 fully saturated rings. The van der Waals surface area contributed by atoms with E-state index < -0.39 is 11.1 Å². The maximum Gasteiger partial charge on any atom is 0.573 e. The lowest BCUT2D eigenvalue weighted by molar-refractivity contribution is -0.274. The van der Waals surface area contributed by atoms with Gasteiger partial charge in [0, 0.05) is 15.6 Å². The lowest BCUT2D eigenvalue weighted by atomic mass is 10.2. The van der Waals surface area contributed by atoms with E-state index in [1.54, 1.807) is 26.0 Å². The largest absolute Gasteiger partial charge is 0.573 e. The monoisotopic (exact) mass is 389 g/mol. The Morgan fingerprint density at radius 1 is 1.04 bits per heavy atom. The summed E-state index contributed by atoms with van der Waals surface area (Å²) in [5.74, 6) is -0.628. The molecule has 0 saturated carbocycles. The number of carbonyl (C=O) groups excluding carboxylic acids is 1. The molecule has 0 saturated heterocycles. The van der Waals surface area contributed by atoms with Crippen LogP contribution < -0.4 is 10.1 Å². The van der Waals surface area contributed by atoms with Gasteiger partial charge in [0.2, 0.25) is 5.91 Å². The topological polar surface area (TPSA) is 38.3 Å². The molecule has 0 aromatic heterocycles. The van der Waals surface area contributed by atoms with E-state index in [-0.39, 0.29) is 11.7 Å². The van der Waals surface area contributed by atoms with Crippen molar-refractivity contribution in [3.63, 3.8) is 0 Å². The average Bonchev–Trinajstić information content (AvgIpc) is 2.50. The van der Waals surface area contributed by atoms with Crippen LogP contribution in [0.2, 0.25) is 5.02 Å². The summed E-state index contributed by atoms with van der Waals surface area (Å²) in [6.07, 6.45) is -4.75. The highest BCUT2D eigenvalue weighted by Gasteiger charge is 2.31. The summed E-state index contributed by atoms with van der Waals surface area (Å²) in [5.41, 5.74) is 0.379. The summed E-state index contributed by atoms with van der Waals surface area (Å²) in [6.45, 7) is 3.51. The summed E-state index contributed by atoms with van der Waals surface area (Å²) in [5, 5.41) is 3.29. The van der Waals surface area contributed by atoms with Crippen molar-refractivity contribution in [1.29, 1.82) is 0 Å². The lowest BCUT2D eigenvalue weighted by Gasteiger charge is -2.23. The van der Waals surface area contributed by atoms with Crippen molar-refractivity contribution in [3.05, 3.63) is 53.6 Å². The first-order valence-corrected chi connectivity index (χ1v) is 8.36. The quantitative estimate of drug-likeness (QED) is 0.662. The molecule has 2 aromatic rings. The molecular weight excluding hydrogens is 375 g/mol. The summed E-state index contributed by atoms with van der Waals surface area (Å²) < 4.78 is 39.4. The molecule has 0 heterocycles. The van der Waals surface area contributed by atoms with Gasteiger partial charge in [0.05, 0.1) is 4.75 Å². The van der Waals surface area contributed by atoms with Gasteiger partial charge in [-0.15, -0.1) is 24.9 Å². The molecule has 0 spiro atoms. The van der Waals surface area contributed by atoms with Crippen molar-refractivity contribution in [2.75, 3.05) is 5.32 Å². The molecule has 2 aromatic carbocycles. The molecule has 8 heteroatoms. The van der Waals surface area contributed by atoms with Crippen LogP contribution >= 0.6 is 23.4 Å². The van der Waals surface area contributed by atoms with Gasteiger partial charge in [-0.1, -0.05) is 11.6 Å². The van der Waals surface area contributed by atoms with Crippen LogP contribution in [-0.2, 0) is 4.79 Å². The third-order valence-corrected chi connectivity index (χ3v) is 4.53. The summed E-state index contributed by atoms with van der Waals surface area (Å²) >= 11 is 7.19. The fourth-order valence-electron chi connectivity index (χ4n) is 1.87. The van der Waals surface area contributed by atoms with E-state index in [2.05, 4.69) is 10.1 Å². The Balaban J connectivity index is 2.01. The van der Waals surface area contributed by atoms with Gasteiger partial charge in [-0.2, -0.15) is 0 Å². The fourth-order valence-corrected chi connectivity index (χ4v) is 3.00. The van der Waals surface area contributed by atoms with Crippen LogP contribution in [0.1, 0.15) is 13.8 Å². The highest BCUT2D eigenvalue weighted by Crippen LogP contribution is 2.34. The van der Waals surface area contributed by atoms with Crippen molar-refractivity contribution >= 4 is 35.0 Å². The molecule has 2 rings (SSSR count). The minimum Gasteiger partial charge on any atom is -0.406 e. The fraction of sp³-hybridized carbons (Fsp3) is 0.235. The number of hydrogen-bond acceptors (Lipinski definition) is 3. The van der Waals surface area contributed by atoms with E-state index >= 15 is 0 Å². The first kappa shape index (κ1) is 19.5. The SMILES string of the molecule is CC(C)(Sc1ccc(Cl)cc1)C(=O)Nc1ccc(OC(F)(F)F)cc1. The number of thioether (sulfide) groups is 1. The van der Waals surface area contributed by atoms with Crippen molar-refractivity contribution in [2.45, 2.75) is 29.9 Å². The number of ether oxygens (including phenoxy) is 1. The summed E-state index contributed by atoms with van der Waals surface area (Å²) in [4.78, 5) is 13.3. The lowest BCUT2D eigenvalue weighted by Crippen LogP contribution is -2.33. The van der Waals surface area contributed by atoms with Crippen molar-refractivity contribution < 1.29 is 22.7 Å². The minimum atomic E-state index is -4.75. The normalized spacial score (nSPS) is 11.9. The molecule has 0 bridgehead atoms. The van der Waals surface area contributed by atoms with Gasteiger partial charge in [0.15, 0.2) is 0 Å². The van der Waals surface area contributed by atoms with E-state index in [9.17, 15) is 18.0 Å². The zero-order valence-electron chi connectivity index (χ0n) is 13.4. The third-order valence-electron chi connectivity index (χ3n) is 3.08. The predicted octanol–water partition coefficient (Wildman–Crippen LogP) is 5.75. The number of carbonyl (C=O) groups is 1. The van der Waals surface area contributed by atoms with Gasteiger partial charge >= 0.3 is 6.36 Å². The molecule has 0 radical (unpaired) electrons. The molecule has 0 aliphatic rings. The number of hydrogen-bond donors (Lipinski definition) is 1. The van der Waals surface area contributed by atoms with Crippen molar-refractivity contribution in [2.24, 2.45) is 0 Å². The Kier molecular flexibility index (Phi) is 5.90. The summed E-state index contributed by atoms with van der Waals surface area (Å²) in [7, 11) is 0. The molecule has 0 aliphatic heterocycles. The Hall–Kier alpha value is -1.86. The number of amides is 1. The zero-order chi connectivity index (χ0) is 18.7. The molecule has 25 heavy (non-hydrogen) atoms. The number of alkyl halides is 3. The van der Waals surface area contributed by atoms with Gasteiger partial charge < -0.3 is 10.1 Å². The van der Waals surface area contributed by atoms with Crippen LogP contribution in [0.25, 0.3) is 0 Å². The molecular formula is C17H15ClF3NO2S. The van der Waals surface area contributed by atoms with E-state index in [4.69, 9.17) is 11.6 Å². The van der Waals surface area contributed by atoms with E-state index in [1.165, 1.54) is 23.9 Å². The Morgan fingerprint density at radius 2 is 1.60 bits per heavy atom. The molecule has 1 N–H and O–H groups in total. The van der Waals surface area contributed by atoms with Crippen LogP contribution in [0.4, 0.5) is 18.9 Å². The van der Waals surface area contributed by atoms with Crippen LogP contribution in [0.3, 0.4) is 0 Å². The minimum absolute atomic E-state index is 0.281. The number of benzene rings is 2. The Bertz CT molecular complexity index is 731. The second-order valence-electron chi connectivity index (χ2n) is 5.59. The van der Waals surface area contributed by atoms with Gasteiger partial charge in [-0.3, -0.25) is 4.79 Å². The highest BCUT2D eigenvalue weighted by atomic mass is 35.5. The predicted molar refractivity (Wildman–Crippen MR) is 93.1 cm³/mol. The maximum absolute atomic E-state index is 12.4. The molecule has 0 atom stereocenters. The number of halogens is 4. The third kappa shape index (κ3) is 6.17. The van der Waals surface area contributed by atoms with E-state index in [0.717, 1.165) is 17.0 Å². The summed E-state index contributed by atoms with van der Waals surface area (Å²) in [6, 6.07) is 12.1. The van der Waals surface area contributed by atoms with E-state index in [1.807, 2.05) is 12.1 Å². The number of nitrogens with one attached hydrogen (secondary N) is 1. The van der Waals surface area contributed by atoms with Crippen molar-refractivity contribution in [1.82, 2.24) is 0 Å². The van der Waals surface area contributed by atoms with E-state index in [0.29, 0.717) is 10.7 Å². The number of anilines is 1. The molecule has 3 nitrogen and oxygen atoms in total. The van der Waals surface area contributed by atoms with Crippen LogP contribution in [-0.4, -0.2) is 17.0 Å². The zero-order valence-corrected chi connectivity index (χ0v) is 14.9. The number of rotatable bonds is 5. The smallest absolute Gasteiger partial charge is 0.406 e. The maximum atomic E-state index is 12.4. The standard InChI is InChI=1S/C17H15ClF3NO2S/c1-16(2,25-14-9-3-11(18)4-10-14)15(23)22-12-5-7-13(8-6-12)24-17(19,20)21/h3-10H,1-2H3,(H,22,23). The Labute approximate surface area is 152 Å². The van der Waals surface area contributed by atoms with Gasteiger partial charge in [-0.05, 0) is 62.4 Å². The second-order valence-corrected chi connectivity index (χ2v) is 7.73. The van der Waals surface area contributed by atoms with Gasteiger partial charge in [0.25, 0.3) is 0 Å². The van der Waals surface area contributed by atoms with Crippen molar-refractivity contribution in [3.8, 4) is 5.75 Å². The Morgan fingerprint density at radius 3 is 2.12 bits per heavy atom. The molecule has 1 amide bonds. The average molecular weight is 390 g/mol. The van der Waals surface area contributed by atoms with Crippen LogP contribution in [0.5, 0.6) is 5.75 Å². The highest BCUT2D eigenvalue weighted by molar-refractivity contribution is 8.01. The first-order valence-electron chi connectivity index (χ1n) is 7.17. The second kappa shape index (κ2) is 7.58. The van der Waals surface area contributed by atoms with Crippen LogP contribution in [0, 0.1) is 0 Å². The molecule has 0 aliphatic carbocycles. The molecule has 0 unspecified atom stereocenters. The van der Waals surface area contributed by atoms with Gasteiger partial charge in [0.1, 0.15) is 5.75 Å². The first-order chi connectivity index (χ1) is 11.5. The molecule has 134 valence electrons. The van der Waals surface area contributed by atoms with Crippen LogP contribution in [0.15, 0.2) is 53.4 Å².